The molecule has 0 heterocycles. The number of rotatable bonds is 12. The molecule has 0 saturated carbocycles. The summed E-state index contributed by atoms with van der Waals surface area (Å²) in [5, 5.41) is 5.50. The van der Waals surface area contributed by atoms with E-state index in [0.29, 0.717) is 30.7 Å². The number of hydrogen-bond donors (Lipinski definition) is 2. The molecular formula is C25H32N2O4S. The first-order valence-corrected chi connectivity index (χ1v) is 12.0. The smallest absolute Gasteiger partial charge is 0.338 e. The summed E-state index contributed by atoms with van der Waals surface area (Å²) in [7, 11) is 0. The van der Waals surface area contributed by atoms with Crippen molar-refractivity contribution in [3.05, 3.63) is 54.1 Å². The number of carbonyl (C=O) groups excluding carboxylic acids is 3. The van der Waals surface area contributed by atoms with Gasteiger partial charge in [-0.15, -0.1) is 11.8 Å². The third-order valence-corrected chi connectivity index (χ3v) is 6.01. The number of amides is 2. The van der Waals surface area contributed by atoms with Crippen LogP contribution in [0.2, 0.25) is 0 Å². The Balaban J connectivity index is 1.95. The first kappa shape index (κ1) is 25.5. The summed E-state index contributed by atoms with van der Waals surface area (Å²) in [5.74, 6) is -0.488. The Kier molecular flexibility index (Phi) is 10.8. The van der Waals surface area contributed by atoms with Crippen LogP contribution in [0.3, 0.4) is 0 Å². The summed E-state index contributed by atoms with van der Waals surface area (Å²) in [6.45, 7) is 6.37. The first-order chi connectivity index (χ1) is 15.5. The van der Waals surface area contributed by atoms with Gasteiger partial charge in [0, 0.05) is 22.7 Å². The third kappa shape index (κ3) is 8.38. The molecule has 0 aliphatic carbocycles. The van der Waals surface area contributed by atoms with Crippen molar-refractivity contribution in [2.24, 2.45) is 0 Å². The van der Waals surface area contributed by atoms with E-state index in [2.05, 4.69) is 10.6 Å². The van der Waals surface area contributed by atoms with Gasteiger partial charge in [-0.1, -0.05) is 33.3 Å². The van der Waals surface area contributed by atoms with Crippen molar-refractivity contribution in [1.82, 2.24) is 0 Å². The van der Waals surface area contributed by atoms with Gasteiger partial charge in [-0.2, -0.15) is 0 Å². The zero-order chi connectivity index (χ0) is 23.3. The molecule has 7 heteroatoms. The monoisotopic (exact) mass is 456 g/mol. The highest BCUT2D eigenvalue weighted by atomic mass is 32.2. The highest BCUT2D eigenvalue weighted by Gasteiger charge is 2.19. The molecular weight excluding hydrogens is 424 g/mol. The second-order valence-corrected chi connectivity index (χ2v) is 8.67. The first-order valence-electron chi connectivity index (χ1n) is 11.1. The number of nitrogens with one attached hydrogen (secondary N) is 2. The summed E-state index contributed by atoms with van der Waals surface area (Å²) in [6.07, 6.45) is 3.72. The predicted octanol–water partition coefficient (Wildman–Crippen LogP) is 5.89. The largest absolute Gasteiger partial charge is 0.462 e. The fraction of sp³-hybridized carbons (Fsp3) is 0.400. The van der Waals surface area contributed by atoms with Gasteiger partial charge in [-0.05, 0) is 61.7 Å². The number of esters is 1. The Labute approximate surface area is 194 Å². The van der Waals surface area contributed by atoms with Crippen LogP contribution in [0.5, 0.6) is 0 Å². The molecule has 0 aromatic heterocycles. The van der Waals surface area contributed by atoms with Crippen LogP contribution in [0.4, 0.5) is 11.4 Å². The molecule has 0 fully saturated rings. The van der Waals surface area contributed by atoms with Gasteiger partial charge in [0.25, 0.3) is 0 Å². The van der Waals surface area contributed by atoms with E-state index in [4.69, 9.17) is 4.74 Å². The van der Waals surface area contributed by atoms with Gasteiger partial charge in [0.2, 0.25) is 11.8 Å². The van der Waals surface area contributed by atoms with E-state index in [9.17, 15) is 14.4 Å². The maximum absolute atomic E-state index is 12.8. The predicted molar refractivity (Wildman–Crippen MR) is 130 cm³/mol. The molecule has 0 aliphatic rings. The van der Waals surface area contributed by atoms with E-state index in [1.807, 2.05) is 45.0 Å². The Morgan fingerprint density at radius 3 is 2.34 bits per heavy atom. The minimum absolute atomic E-state index is 0.0165. The average Bonchev–Trinajstić information content (AvgIpc) is 2.78. The Morgan fingerprint density at radius 1 is 0.938 bits per heavy atom. The van der Waals surface area contributed by atoms with Crippen LogP contribution in [-0.4, -0.2) is 29.6 Å². The molecule has 6 nitrogen and oxygen atoms in total. The van der Waals surface area contributed by atoms with Gasteiger partial charge in [0.05, 0.1) is 17.4 Å². The average molecular weight is 457 g/mol. The summed E-state index contributed by atoms with van der Waals surface area (Å²) in [5.41, 5.74) is 1.81. The minimum Gasteiger partial charge on any atom is -0.462 e. The van der Waals surface area contributed by atoms with Crippen LogP contribution in [0.25, 0.3) is 0 Å². The molecule has 0 aliphatic heterocycles. The van der Waals surface area contributed by atoms with Crippen LogP contribution in [-0.2, 0) is 14.3 Å². The molecule has 0 saturated heterocycles. The Morgan fingerprint density at radius 2 is 1.69 bits per heavy atom. The van der Waals surface area contributed by atoms with Gasteiger partial charge in [-0.3, -0.25) is 9.59 Å². The van der Waals surface area contributed by atoms with Crippen molar-refractivity contribution in [3.8, 4) is 0 Å². The summed E-state index contributed by atoms with van der Waals surface area (Å²) < 4.78 is 5.20. The molecule has 0 bridgehead atoms. The molecule has 0 radical (unpaired) electrons. The normalized spacial score (nSPS) is 11.5. The lowest BCUT2D eigenvalue weighted by Crippen LogP contribution is -2.24. The third-order valence-electron chi connectivity index (χ3n) is 4.66. The van der Waals surface area contributed by atoms with Crippen molar-refractivity contribution in [1.29, 1.82) is 0 Å². The lowest BCUT2D eigenvalue weighted by atomic mass is 10.2. The zero-order valence-corrected chi connectivity index (χ0v) is 19.8. The molecule has 0 spiro atoms. The number of ether oxygens (including phenoxy) is 1. The van der Waals surface area contributed by atoms with Crippen molar-refractivity contribution >= 4 is 40.9 Å². The van der Waals surface area contributed by atoms with Crippen LogP contribution in [0.15, 0.2) is 53.4 Å². The summed E-state index contributed by atoms with van der Waals surface area (Å²) in [6, 6.07) is 14.2. The fourth-order valence-corrected chi connectivity index (χ4v) is 3.90. The van der Waals surface area contributed by atoms with Gasteiger partial charge in [0.1, 0.15) is 0 Å². The molecule has 1 unspecified atom stereocenters. The summed E-state index contributed by atoms with van der Waals surface area (Å²) in [4.78, 5) is 37.5. The minimum atomic E-state index is -0.357. The Bertz CT molecular complexity index is 899. The topological polar surface area (TPSA) is 84.5 Å². The van der Waals surface area contributed by atoms with E-state index in [0.717, 1.165) is 29.8 Å². The highest BCUT2D eigenvalue weighted by molar-refractivity contribution is 8.00. The van der Waals surface area contributed by atoms with Gasteiger partial charge in [0.15, 0.2) is 0 Å². The van der Waals surface area contributed by atoms with Crippen molar-refractivity contribution in [2.75, 3.05) is 17.2 Å². The standard InChI is InChI=1S/C25H32N2O4S/c1-4-7-16-31-25(30)18-12-14-19(15-13-18)27-24(29)22(6-3)32-21-11-8-10-20(17-21)26-23(28)9-5-2/h8,10-15,17,22H,4-7,9,16H2,1-3H3,(H,26,28)(H,27,29). The van der Waals surface area contributed by atoms with E-state index in [-0.39, 0.29) is 23.0 Å². The lowest BCUT2D eigenvalue weighted by molar-refractivity contribution is -0.116. The number of unbranched alkanes of at least 4 members (excludes halogenated alkanes) is 1. The van der Waals surface area contributed by atoms with Gasteiger partial charge >= 0.3 is 5.97 Å². The molecule has 1 atom stereocenters. The molecule has 2 aromatic rings. The number of anilines is 2. The second-order valence-electron chi connectivity index (χ2n) is 7.40. The molecule has 32 heavy (non-hydrogen) atoms. The maximum Gasteiger partial charge on any atom is 0.338 e. The van der Waals surface area contributed by atoms with Crippen molar-refractivity contribution in [3.63, 3.8) is 0 Å². The number of carbonyl (C=O) groups is 3. The fourth-order valence-electron chi connectivity index (χ4n) is 2.89. The van der Waals surface area contributed by atoms with Gasteiger partial charge in [-0.25, -0.2) is 4.79 Å². The molecule has 2 aromatic carbocycles. The Hall–Kier alpha value is -2.80. The van der Waals surface area contributed by atoms with E-state index in [1.54, 1.807) is 24.3 Å². The van der Waals surface area contributed by atoms with Crippen molar-refractivity contribution < 1.29 is 19.1 Å². The quantitative estimate of drug-likeness (QED) is 0.236. The summed E-state index contributed by atoms with van der Waals surface area (Å²) >= 11 is 1.45. The van der Waals surface area contributed by atoms with Crippen LogP contribution in [0, 0.1) is 0 Å². The SMILES string of the molecule is CCCCOC(=O)c1ccc(NC(=O)C(CC)Sc2cccc(NC(=O)CCC)c2)cc1. The second kappa shape index (κ2) is 13.6. The van der Waals surface area contributed by atoms with Gasteiger partial charge < -0.3 is 15.4 Å². The molecule has 2 N–H and O–H groups in total. The molecule has 172 valence electrons. The molecule has 2 amide bonds. The molecule has 2 rings (SSSR count). The maximum atomic E-state index is 12.8. The number of thioether (sulfide) groups is 1. The van der Waals surface area contributed by atoms with E-state index >= 15 is 0 Å². The number of hydrogen-bond acceptors (Lipinski definition) is 5. The van der Waals surface area contributed by atoms with E-state index < -0.39 is 0 Å². The van der Waals surface area contributed by atoms with Crippen LogP contribution < -0.4 is 10.6 Å². The van der Waals surface area contributed by atoms with E-state index in [1.165, 1.54) is 11.8 Å². The number of benzene rings is 2. The lowest BCUT2D eigenvalue weighted by Gasteiger charge is -2.16. The zero-order valence-electron chi connectivity index (χ0n) is 19.0. The van der Waals surface area contributed by atoms with Crippen LogP contribution >= 0.6 is 11.8 Å². The van der Waals surface area contributed by atoms with Crippen molar-refractivity contribution in [2.45, 2.75) is 63.0 Å². The van der Waals surface area contributed by atoms with Crippen LogP contribution in [0.1, 0.15) is 63.2 Å². The highest BCUT2D eigenvalue weighted by Crippen LogP contribution is 2.28.